The van der Waals surface area contributed by atoms with Gasteiger partial charge in [0.2, 0.25) is 0 Å². The number of nitrogens with one attached hydrogen (secondary N) is 2. The molecule has 0 bridgehead atoms. The highest BCUT2D eigenvalue weighted by Crippen LogP contribution is 2.41. The van der Waals surface area contributed by atoms with E-state index in [0.717, 1.165) is 17.1 Å². The number of fused-ring (bicyclic) bond motifs is 1. The van der Waals surface area contributed by atoms with Crippen LogP contribution < -0.4 is 20.1 Å². The molecule has 6 heteroatoms. The number of carbonyl (C=O) groups is 1. The van der Waals surface area contributed by atoms with Crippen LogP contribution in [0.25, 0.3) is 0 Å². The summed E-state index contributed by atoms with van der Waals surface area (Å²) >= 11 is 5.87. The summed E-state index contributed by atoms with van der Waals surface area (Å²) in [5.41, 5.74) is 1.21. The van der Waals surface area contributed by atoms with Crippen molar-refractivity contribution in [1.82, 2.24) is 5.32 Å². The Morgan fingerprint density at radius 2 is 1.96 bits per heavy atom. The molecule has 0 fully saturated rings. The Balaban J connectivity index is 1.79. The number of rotatable bonds is 3. The fraction of sp³-hybridized carbons (Fsp3) is 0.316. The minimum Gasteiger partial charge on any atom is -0.497 e. The molecule has 3 rings (SSSR count). The average molecular weight is 361 g/mol. The first kappa shape index (κ1) is 17.4. The lowest BCUT2D eigenvalue weighted by atomic mass is 9.89. The molecule has 0 aliphatic carbocycles. The first-order valence-electron chi connectivity index (χ1n) is 8.06. The number of hydrogen-bond donors (Lipinski definition) is 2. The fourth-order valence-electron chi connectivity index (χ4n) is 2.95. The Labute approximate surface area is 152 Å². The van der Waals surface area contributed by atoms with E-state index in [0.29, 0.717) is 17.1 Å². The molecule has 2 aromatic rings. The molecule has 5 nitrogen and oxygen atoms in total. The van der Waals surface area contributed by atoms with Crippen LogP contribution in [0.15, 0.2) is 42.5 Å². The zero-order valence-electron chi connectivity index (χ0n) is 14.4. The third-order valence-corrected chi connectivity index (χ3v) is 4.33. The Kier molecular flexibility index (Phi) is 4.77. The molecule has 1 aliphatic rings. The van der Waals surface area contributed by atoms with Gasteiger partial charge < -0.3 is 20.1 Å². The standard InChI is InChI=1S/C19H21ClN2O3/c1-19(2)11-16(15-10-14(24-3)8-9-17(15)25-19)22-18(23)21-13-6-4-12(20)5-7-13/h4-10,16H,11H2,1-3H3,(H2,21,22,23)/t16-/m0/s1. The van der Waals surface area contributed by atoms with Gasteiger partial charge in [0, 0.05) is 22.7 Å². The van der Waals surface area contributed by atoms with Crippen LogP contribution in [-0.4, -0.2) is 18.7 Å². The minimum atomic E-state index is -0.375. The van der Waals surface area contributed by atoms with Gasteiger partial charge in [0.25, 0.3) is 0 Å². The lowest BCUT2D eigenvalue weighted by Crippen LogP contribution is -2.42. The minimum absolute atomic E-state index is 0.179. The second-order valence-electron chi connectivity index (χ2n) is 6.63. The molecule has 1 heterocycles. The number of benzene rings is 2. The van der Waals surface area contributed by atoms with Crippen molar-refractivity contribution >= 4 is 23.3 Å². The van der Waals surface area contributed by atoms with Crippen LogP contribution in [0.2, 0.25) is 5.02 Å². The van der Waals surface area contributed by atoms with Gasteiger partial charge in [-0.2, -0.15) is 0 Å². The molecule has 2 amide bonds. The third-order valence-electron chi connectivity index (χ3n) is 4.08. The molecule has 2 N–H and O–H groups in total. The highest BCUT2D eigenvalue weighted by atomic mass is 35.5. The Morgan fingerprint density at radius 3 is 2.64 bits per heavy atom. The van der Waals surface area contributed by atoms with E-state index < -0.39 is 0 Å². The smallest absolute Gasteiger partial charge is 0.319 e. The summed E-state index contributed by atoms with van der Waals surface area (Å²) in [6.07, 6.45) is 0.654. The van der Waals surface area contributed by atoms with Gasteiger partial charge in [0.15, 0.2) is 0 Å². The van der Waals surface area contributed by atoms with Gasteiger partial charge >= 0.3 is 6.03 Å². The maximum Gasteiger partial charge on any atom is 0.319 e. The van der Waals surface area contributed by atoms with Crippen molar-refractivity contribution in [1.29, 1.82) is 0 Å². The topological polar surface area (TPSA) is 59.6 Å². The van der Waals surface area contributed by atoms with Crippen molar-refractivity contribution in [2.24, 2.45) is 0 Å². The molecule has 0 saturated heterocycles. The maximum absolute atomic E-state index is 12.4. The molecule has 0 radical (unpaired) electrons. The number of ether oxygens (including phenoxy) is 2. The number of urea groups is 1. The van der Waals surface area contributed by atoms with Crippen LogP contribution in [0.5, 0.6) is 11.5 Å². The first-order valence-corrected chi connectivity index (χ1v) is 8.44. The summed E-state index contributed by atoms with van der Waals surface area (Å²) in [7, 11) is 1.62. The Bertz CT molecular complexity index is 775. The zero-order valence-corrected chi connectivity index (χ0v) is 15.2. The molecular formula is C19H21ClN2O3. The summed E-state index contributed by atoms with van der Waals surface area (Å²) in [6.45, 7) is 4.01. The average Bonchev–Trinajstić information content (AvgIpc) is 2.55. The summed E-state index contributed by atoms with van der Waals surface area (Å²) in [5, 5.41) is 6.47. The summed E-state index contributed by atoms with van der Waals surface area (Å²) in [5.74, 6) is 1.49. The molecule has 0 aromatic heterocycles. The first-order chi connectivity index (χ1) is 11.9. The van der Waals surface area contributed by atoms with Crippen molar-refractivity contribution in [3.63, 3.8) is 0 Å². The number of carbonyl (C=O) groups excluding carboxylic acids is 1. The Hall–Kier alpha value is -2.40. The zero-order chi connectivity index (χ0) is 18.0. The predicted octanol–water partition coefficient (Wildman–Crippen LogP) is 4.77. The van der Waals surface area contributed by atoms with E-state index in [4.69, 9.17) is 21.1 Å². The van der Waals surface area contributed by atoms with Gasteiger partial charge in [-0.15, -0.1) is 0 Å². The van der Waals surface area contributed by atoms with Gasteiger partial charge in [-0.25, -0.2) is 4.79 Å². The van der Waals surface area contributed by atoms with Crippen molar-refractivity contribution in [3.8, 4) is 11.5 Å². The number of amides is 2. The van der Waals surface area contributed by atoms with Crippen LogP contribution >= 0.6 is 11.6 Å². The van der Waals surface area contributed by atoms with E-state index in [1.54, 1.807) is 31.4 Å². The number of anilines is 1. The molecule has 1 atom stereocenters. The van der Waals surface area contributed by atoms with E-state index >= 15 is 0 Å². The van der Waals surface area contributed by atoms with Gasteiger partial charge in [-0.3, -0.25) is 0 Å². The molecule has 25 heavy (non-hydrogen) atoms. The number of halogens is 1. The van der Waals surface area contributed by atoms with E-state index in [-0.39, 0.29) is 17.7 Å². The molecule has 0 spiro atoms. The van der Waals surface area contributed by atoms with Crippen molar-refractivity contribution < 1.29 is 14.3 Å². The van der Waals surface area contributed by atoms with Crippen LogP contribution in [-0.2, 0) is 0 Å². The molecule has 2 aromatic carbocycles. The van der Waals surface area contributed by atoms with Crippen LogP contribution in [0.1, 0.15) is 31.9 Å². The number of methoxy groups -OCH3 is 1. The van der Waals surface area contributed by atoms with Crippen molar-refractivity contribution in [3.05, 3.63) is 53.1 Å². The lowest BCUT2D eigenvalue weighted by molar-refractivity contribution is 0.0681. The largest absolute Gasteiger partial charge is 0.497 e. The molecule has 0 saturated carbocycles. The summed E-state index contributed by atoms with van der Waals surface area (Å²) in [4.78, 5) is 12.4. The van der Waals surface area contributed by atoms with Gasteiger partial charge in [-0.1, -0.05) is 11.6 Å². The predicted molar refractivity (Wildman–Crippen MR) is 98.7 cm³/mol. The van der Waals surface area contributed by atoms with Crippen LogP contribution in [0, 0.1) is 0 Å². The van der Waals surface area contributed by atoms with Crippen molar-refractivity contribution in [2.75, 3.05) is 12.4 Å². The maximum atomic E-state index is 12.4. The second kappa shape index (κ2) is 6.84. The normalized spacial score (nSPS) is 17.8. The van der Waals surface area contributed by atoms with E-state index in [9.17, 15) is 4.79 Å². The summed E-state index contributed by atoms with van der Waals surface area (Å²) in [6, 6.07) is 12.1. The van der Waals surface area contributed by atoms with Crippen LogP contribution in [0.4, 0.5) is 10.5 Å². The molecular weight excluding hydrogens is 340 g/mol. The van der Waals surface area contributed by atoms with E-state index in [2.05, 4.69) is 10.6 Å². The van der Waals surface area contributed by atoms with E-state index in [1.165, 1.54) is 0 Å². The van der Waals surface area contributed by atoms with Gasteiger partial charge in [0.05, 0.1) is 13.2 Å². The SMILES string of the molecule is COc1ccc2c(c1)[C@@H](NC(=O)Nc1ccc(Cl)cc1)CC(C)(C)O2. The van der Waals surface area contributed by atoms with Crippen LogP contribution in [0.3, 0.4) is 0 Å². The van der Waals surface area contributed by atoms with Gasteiger partial charge in [0.1, 0.15) is 17.1 Å². The fourth-order valence-corrected chi connectivity index (χ4v) is 3.07. The second-order valence-corrected chi connectivity index (χ2v) is 7.06. The monoisotopic (exact) mass is 360 g/mol. The lowest BCUT2D eigenvalue weighted by Gasteiger charge is -2.38. The molecule has 132 valence electrons. The van der Waals surface area contributed by atoms with Crippen molar-refractivity contribution in [2.45, 2.75) is 31.9 Å². The number of hydrogen-bond acceptors (Lipinski definition) is 3. The van der Waals surface area contributed by atoms with Gasteiger partial charge in [-0.05, 0) is 56.3 Å². The highest BCUT2D eigenvalue weighted by Gasteiger charge is 2.34. The highest BCUT2D eigenvalue weighted by molar-refractivity contribution is 6.30. The van der Waals surface area contributed by atoms with E-state index in [1.807, 2.05) is 32.0 Å². The quantitative estimate of drug-likeness (QED) is 0.828. The third kappa shape index (κ3) is 4.17. The Morgan fingerprint density at radius 1 is 1.24 bits per heavy atom. The summed E-state index contributed by atoms with van der Waals surface area (Å²) < 4.78 is 11.3. The molecule has 1 aliphatic heterocycles. The molecule has 0 unspecified atom stereocenters.